The summed E-state index contributed by atoms with van der Waals surface area (Å²) in [4.78, 5) is 13.8. The van der Waals surface area contributed by atoms with Crippen molar-refractivity contribution >= 4 is 22.9 Å². The molecule has 0 aliphatic rings. The van der Waals surface area contributed by atoms with E-state index in [0.29, 0.717) is 0 Å². The van der Waals surface area contributed by atoms with Gasteiger partial charge in [-0.3, -0.25) is 4.79 Å². The molecule has 0 saturated heterocycles. The summed E-state index contributed by atoms with van der Waals surface area (Å²) in [6.45, 7) is 8.17. The van der Waals surface area contributed by atoms with Crippen molar-refractivity contribution in [1.82, 2.24) is 0 Å². The Morgan fingerprint density at radius 3 is 2.37 bits per heavy atom. The quantitative estimate of drug-likeness (QED) is 0.846. The average molecular weight is 273 g/mol. The highest BCUT2D eigenvalue weighted by atomic mass is 32.1. The van der Waals surface area contributed by atoms with Gasteiger partial charge >= 0.3 is 0 Å². The molecule has 1 aromatic heterocycles. The van der Waals surface area contributed by atoms with Crippen molar-refractivity contribution in [1.29, 1.82) is 0 Å². The molecule has 0 saturated carbocycles. The Bertz CT molecular complexity index is 593. The molecule has 0 aliphatic heterocycles. The maximum absolute atomic E-state index is 11.3. The van der Waals surface area contributed by atoms with Gasteiger partial charge in [-0.25, -0.2) is 0 Å². The number of carbonyl (C=O) groups is 1. The minimum Gasteiger partial charge on any atom is -0.326 e. The maximum atomic E-state index is 11.3. The van der Waals surface area contributed by atoms with Crippen LogP contribution in [0.15, 0.2) is 36.4 Å². The van der Waals surface area contributed by atoms with Crippen LogP contribution in [0.5, 0.6) is 0 Å². The average Bonchev–Trinajstić information content (AvgIpc) is 2.77. The van der Waals surface area contributed by atoms with Crippen molar-refractivity contribution in [3.63, 3.8) is 0 Å². The molecule has 1 heterocycles. The molecular formula is C16H19NOS. The number of hydrogen-bond donors (Lipinski definition) is 1. The van der Waals surface area contributed by atoms with Crippen molar-refractivity contribution in [3.8, 4) is 10.4 Å². The Kier molecular flexibility index (Phi) is 3.76. The second-order valence-electron chi connectivity index (χ2n) is 5.64. The second-order valence-corrected chi connectivity index (χ2v) is 6.72. The predicted molar refractivity (Wildman–Crippen MR) is 82.8 cm³/mol. The summed E-state index contributed by atoms with van der Waals surface area (Å²) in [5.41, 5.74) is 2.11. The lowest BCUT2D eigenvalue weighted by Gasteiger charge is -2.15. The van der Waals surface area contributed by atoms with E-state index in [1.54, 1.807) is 11.3 Å². The number of thiophene rings is 1. The topological polar surface area (TPSA) is 29.1 Å². The Labute approximate surface area is 118 Å². The van der Waals surface area contributed by atoms with Crippen LogP contribution in [0.3, 0.4) is 0 Å². The molecular weight excluding hydrogens is 254 g/mol. The Morgan fingerprint density at radius 2 is 1.79 bits per heavy atom. The second kappa shape index (κ2) is 5.17. The fourth-order valence-electron chi connectivity index (χ4n) is 1.88. The highest BCUT2D eigenvalue weighted by molar-refractivity contribution is 7.15. The van der Waals surface area contributed by atoms with E-state index in [1.165, 1.54) is 16.7 Å². The number of amides is 1. The first kappa shape index (κ1) is 13.8. The third-order valence-electron chi connectivity index (χ3n) is 2.85. The first-order valence-electron chi connectivity index (χ1n) is 6.35. The third-order valence-corrected chi connectivity index (χ3v) is 4.39. The van der Waals surface area contributed by atoms with Gasteiger partial charge in [-0.05, 0) is 23.6 Å². The van der Waals surface area contributed by atoms with Gasteiger partial charge in [-0.15, -0.1) is 11.3 Å². The zero-order valence-corrected chi connectivity index (χ0v) is 12.6. The van der Waals surface area contributed by atoms with E-state index in [1.807, 2.05) is 24.3 Å². The monoisotopic (exact) mass is 273 g/mol. The van der Waals surface area contributed by atoms with Crippen LogP contribution in [-0.2, 0) is 10.2 Å². The standard InChI is InChI=1S/C16H19NOS/c1-11(18)17-13-8-6-5-7-12(13)14-9-10-15(19-14)16(2,3)4/h5-10H,1-4H3,(H,17,18). The van der Waals surface area contributed by atoms with Crippen LogP contribution in [0.4, 0.5) is 5.69 Å². The lowest BCUT2D eigenvalue weighted by atomic mass is 9.95. The summed E-state index contributed by atoms with van der Waals surface area (Å²) in [5, 5.41) is 2.89. The van der Waals surface area contributed by atoms with Crippen LogP contribution in [-0.4, -0.2) is 5.91 Å². The fourth-order valence-corrected chi connectivity index (χ4v) is 2.99. The third kappa shape index (κ3) is 3.24. The molecule has 0 aliphatic carbocycles. The van der Waals surface area contributed by atoms with Gasteiger partial charge in [0, 0.05) is 27.9 Å². The highest BCUT2D eigenvalue weighted by Gasteiger charge is 2.17. The van der Waals surface area contributed by atoms with Crippen LogP contribution < -0.4 is 5.32 Å². The molecule has 0 radical (unpaired) electrons. The van der Waals surface area contributed by atoms with E-state index in [2.05, 4.69) is 38.2 Å². The Balaban J connectivity index is 2.42. The zero-order chi connectivity index (χ0) is 14.0. The summed E-state index contributed by atoms with van der Waals surface area (Å²) in [7, 11) is 0. The van der Waals surface area contributed by atoms with E-state index in [9.17, 15) is 4.79 Å². The van der Waals surface area contributed by atoms with Crippen molar-refractivity contribution in [3.05, 3.63) is 41.3 Å². The zero-order valence-electron chi connectivity index (χ0n) is 11.8. The molecule has 2 nitrogen and oxygen atoms in total. The van der Waals surface area contributed by atoms with E-state index in [0.717, 1.165) is 11.3 Å². The molecule has 0 unspecified atom stereocenters. The van der Waals surface area contributed by atoms with E-state index in [-0.39, 0.29) is 11.3 Å². The van der Waals surface area contributed by atoms with Crippen molar-refractivity contribution in [2.45, 2.75) is 33.1 Å². The lowest BCUT2D eigenvalue weighted by molar-refractivity contribution is -0.114. The summed E-state index contributed by atoms with van der Waals surface area (Å²) < 4.78 is 0. The number of para-hydroxylation sites is 1. The first-order chi connectivity index (χ1) is 8.88. The SMILES string of the molecule is CC(=O)Nc1ccccc1-c1ccc(C(C)(C)C)s1. The number of carbonyl (C=O) groups excluding carboxylic acids is 1. The van der Waals surface area contributed by atoms with E-state index >= 15 is 0 Å². The smallest absolute Gasteiger partial charge is 0.221 e. The minimum absolute atomic E-state index is 0.0416. The van der Waals surface area contributed by atoms with Crippen LogP contribution in [0.25, 0.3) is 10.4 Å². The molecule has 1 amide bonds. The lowest BCUT2D eigenvalue weighted by Crippen LogP contribution is -2.07. The molecule has 2 aromatic rings. The van der Waals surface area contributed by atoms with E-state index < -0.39 is 0 Å². The number of benzene rings is 1. The molecule has 0 fully saturated rings. The normalized spacial score (nSPS) is 11.4. The highest BCUT2D eigenvalue weighted by Crippen LogP contribution is 2.37. The largest absolute Gasteiger partial charge is 0.326 e. The molecule has 1 N–H and O–H groups in total. The van der Waals surface area contributed by atoms with Gasteiger partial charge in [0.05, 0.1) is 0 Å². The Morgan fingerprint density at radius 1 is 1.11 bits per heavy atom. The molecule has 0 atom stereocenters. The molecule has 100 valence electrons. The van der Waals surface area contributed by atoms with Crippen LogP contribution in [0.1, 0.15) is 32.6 Å². The van der Waals surface area contributed by atoms with Gasteiger partial charge in [0.1, 0.15) is 0 Å². The number of rotatable bonds is 2. The maximum Gasteiger partial charge on any atom is 0.221 e. The van der Waals surface area contributed by atoms with Gasteiger partial charge in [0.25, 0.3) is 0 Å². The summed E-state index contributed by atoms with van der Waals surface area (Å²) in [5.74, 6) is -0.0416. The molecule has 0 spiro atoms. The molecule has 3 heteroatoms. The van der Waals surface area contributed by atoms with Crippen LogP contribution in [0, 0.1) is 0 Å². The summed E-state index contributed by atoms with van der Waals surface area (Å²) in [6.07, 6.45) is 0. The first-order valence-corrected chi connectivity index (χ1v) is 7.17. The molecule has 2 rings (SSSR count). The number of nitrogens with one attached hydrogen (secondary N) is 1. The summed E-state index contributed by atoms with van der Waals surface area (Å²) in [6, 6.07) is 12.2. The summed E-state index contributed by atoms with van der Waals surface area (Å²) >= 11 is 1.78. The van der Waals surface area contributed by atoms with Gasteiger partial charge in [0.15, 0.2) is 0 Å². The van der Waals surface area contributed by atoms with Crippen molar-refractivity contribution < 1.29 is 4.79 Å². The van der Waals surface area contributed by atoms with Gasteiger partial charge in [-0.1, -0.05) is 39.0 Å². The number of anilines is 1. The van der Waals surface area contributed by atoms with Gasteiger partial charge in [-0.2, -0.15) is 0 Å². The molecule has 1 aromatic carbocycles. The number of hydrogen-bond acceptors (Lipinski definition) is 2. The minimum atomic E-state index is -0.0416. The molecule has 0 bridgehead atoms. The van der Waals surface area contributed by atoms with Gasteiger partial charge in [0.2, 0.25) is 5.91 Å². The Hall–Kier alpha value is -1.61. The van der Waals surface area contributed by atoms with E-state index in [4.69, 9.17) is 0 Å². The van der Waals surface area contributed by atoms with Crippen LogP contribution in [0.2, 0.25) is 0 Å². The molecule has 19 heavy (non-hydrogen) atoms. The van der Waals surface area contributed by atoms with Crippen molar-refractivity contribution in [2.24, 2.45) is 0 Å². The van der Waals surface area contributed by atoms with Gasteiger partial charge < -0.3 is 5.32 Å². The fraction of sp³-hybridized carbons (Fsp3) is 0.312. The van der Waals surface area contributed by atoms with Crippen LogP contribution >= 0.6 is 11.3 Å². The predicted octanol–water partition coefficient (Wildman–Crippen LogP) is 4.67. The van der Waals surface area contributed by atoms with Crippen molar-refractivity contribution in [2.75, 3.05) is 5.32 Å².